The van der Waals surface area contributed by atoms with E-state index >= 15 is 0 Å². The molecule has 0 unspecified atom stereocenters. The average Bonchev–Trinajstić information content (AvgIpc) is 2.05. The number of urea groups is 1. The van der Waals surface area contributed by atoms with E-state index in [1.807, 2.05) is 32.7 Å². The summed E-state index contributed by atoms with van der Waals surface area (Å²) in [6.07, 6.45) is 0. The van der Waals surface area contributed by atoms with Crippen molar-refractivity contribution in [2.24, 2.45) is 0 Å². The van der Waals surface area contributed by atoms with Gasteiger partial charge in [0.05, 0.1) is 0 Å². The highest BCUT2D eigenvalue weighted by atomic mass is 16.2. The van der Waals surface area contributed by atoms with Crippen molar-refractivity contribution in [1.29, 1.82) is 0 Å². The summed E-state index contributed by atoms with van der Waals surface area (Å²) in [6.45, 7) is 8.31. The lowest BCUT2D eigenvalue weighted by molar-refractivity contribution is 0.170. The van der Waals surface area contributed by atoms with Gasteiger partial charge in [-0.2, -0.15) is 0 Å². The van der Waals surface area contributed by atoms with Gasteiger partial charge in [0.2, 0.25) is 0 Å². The van der Waals surface area contributed by atoms with Crippen molar-refractivity contribution in [3.8, 4) is 0 Å². The zero-order chi connectivity index (χ0) is 8.85. The zero-order valence-corrected chi connectivity index (χ0v) is 7.92. The third-order valence-corrected chi connectivity index (χ3v) is 1.83. The Labute approximate surface area is 69.0 Å². The summed E-state index contributed by atoms with van der Waals surface area (Å²) >= 11 is 0. The van der Waals surface area contributed by atoms with E-state index in [1.165, 1.54) is 0 Å². The molecule has 0 heterocycles. The third kappa shape index (κ3) is 2.78. The molecule has 0 aromatic heterocycles. The van der Waals surface area contributed by atoms with Gasteiger partial charge in [-0.05, 0) is 20.8 Å². The van der Waals surface area contributed by atoms with E-state index in [2.05, 4.69) is 0 Å². The Bertz CT molecular complexity index is 121. The van der Waals surface area contributed by atoms with Crippen LogP contribution in [-0.2, 0) is 0 Å². The van der Waals surface area contributed by atoms with Crippen molar-refractivity contribution in [2.75, 3.05) is 26.7 Å². The maximum atomic E-state index is 11.4. The van der Waals surface area contributed by atoms with Crippen LogP contribution in [0.15, 0.2) is 0 Å². The standard InChI is InChI=1S/C8H18N2O/c1-5-9(4)8(11)10(6-2)7-3/h5-7H2,1-4H3. The highest BCUT2D eigenvalue weighted by Crippen LogP contribution is 1.94. The Morgan fingerprint density at radius 2 is 1.55 bits per heavy atom. The number of hydrogen-bond acceptors (Lipinski definition) is 1. The minimum Gasteiger partial charge on any atom is -0.328 e. The predicted octanol–water partition coefficient (Wildman–Crippen LogP) is 1.40. The van der Waals surface area contributed by atoms with Crippen molar-refractivity contribution in [2.45, 2.75) is 20.8 Å². The van der Waals surface area contributed by atoms with Gasteiger partial charge >= 0.3 is 6.03 Å². The molecule has 0 aromatic carbocycles. The first-order valence-corrected chi connectivity index (χ1v) is 4.17. The van der Waals surface area contributed by atoms with Gasteiger partial charge in [0.25, 0.3) is 0 Å². The number of carbonyl (C=O) groups is 1. The summed E-state index contributed by atoms with van der Waals surface area (Å²) in [6, 6.07) is 0.123. The molecule has 0 fully saturated rings. The molecule has 0 radical (unpaired) electrons. The van der Waals surface area contributed by atoms with Crippen molar-refractivity contribution in [3.63, 3.8) is 0 Å². The molecule has 0 saturated heterocycles. The van der Waals surface area contributed by atoms with Crippen LogP contribution < -0.4 is 0 Å². The van der Waals surface area contributed by atoms with Crippen LogP contribution in [0.4, 0.5) is 4.79 Å². The van der Waals surface area contributed by atoms with Crippen LogP contribution in [0.5, 0.6) is 0 Å². The molecule has 66 valence electrons. The van der Waals surface area contributed by atoms with E-state index in [0.717, 1.165) is 19.6 Å². The second-order valence-corrected chi connectivity index (χ2v) is 2.47. The summed E-state index contributed by atoms with van der Waals surface area (Å²) in [7, 11) is 1.82. The van der Waals surface area contributed by atoms with Crippen LogP contribution in [0.1, 0.15) is 20.8 Å². The molecule has 0 aliphatic carbocycles. The monoisotopic (exact) mass is 158 g/mol. The minimum atomic E-state index is 0.123. The van der Waals surface area contributed by atoms with Crippen LogP contribution in [-0.4, -0.2) is 42.5 Å². The van der Waals surface area contributed by atoms with Crippen molar-refractivity contribution >= 4 is 6.03 Å². The molecule has 0 aromatic rings. The van der Waals surface area contributed by atoms with Gasteiger partial charge in [-0.25, -0.2) is 4.79 Å². The molecule has 0 aliphatic rings. The number of rotatable bonds is 3. The van der Waals surface area contributed by atoms with Gasteiger partial charge in [-0.3, -0.25) is 0 Å². The highest BCUT2D eigenvalue weighted by molar-refractivity contribution is 5.73. The lowest BCUT2D eigenvalue weighted by atomic mass is 10.5. The number of hydrogen-bond donors (Lipinski definition) is 0. The molecule has 2 amide bonds. The molecule has 11 heavy (non-hydrogen) atoms. The Morgan fingerprint density at radius 1 is 1.09 bits per heavy atom. The van der Waals surface area contributed by atoms with Crippen molar-refractivity contribution in [1.82, 2.24) is 9.80 Å². The fourth-order valence-corrected chi connectivity index (χ4v) is 0.871. The first kappa shape index (κ1) is 10.3. The third-order valence-electron chi connectivity index (χ3n) is 1.83. The van der Waals surface area contributed by atoms with Crippen LogP contribution in [0.3, 0.4) is 0 Å². The number of amides is 2. The van der Waals surface area contributed by atoms with Gasteiger partial charge in [-0.15, -0.1) is 0 Å². The quantitative estimate of drug-likeness (QED) is 0.609. The molecule has 0 aliphatic heterocycles. The molecule has 0 saturated carbocycles. The van der Waals surface area contributed by atoms with E-state index in [1.54, 1.807) is 4.90 Å². The van der Waals surface area contributed by atoms with Gasteiger partial charge in [-0.1, -0.05) is 0 Å². The lowest BCUT2D eigenvalue weighted by Gasteiger charge is -2.24. The van der Waals surface area contributed by atoms with E-state index < -0.39 is 0 Å². The number of nitrogens with zero attached hydrogens (tertiary/aromatic N) is 2. The average molecular weight is 158 g/mol. The Morgan fingerprint density at radius 3 is 1.82 bits per heavy atom. The van der Waals surface area contributed by atoms with Crippen LogP contribution in [0, 0.1) is 0 Å². The maximum Gasteiger partial charge on any atom is 0.319 e. The Kier molecular flexibility index (Phi) is 4.66. The first-order chi connectivity index (χ1) is 5.17. The Balaban J connectivity index is 3.97. The van der Waals surface area contributed by atoms with Crippen LogP contribution >= 0.6 is 0 Å². The van der Waals surface area contributed by atoms with Crippen molar-refractivity contribution < 1.29 is 4.79 Å². The smallest absolute Gasteiger partial charge is 0.319 e. The second kappa shape index (κ2) is 4.99. The van der Waals surface area contributed by atoms with Gasteiger partial charge < -0.3 is 9.80 Å². The van der Waals surface area contributed by atoms with Crippen LogP contribution in [0.2, 0.25) is 0 Å². The van der Waals surface area contributed by atoms with E-state index in [4.69, 9.17) is 0 Å². The predicted molar refractivity (Wildman–Crippen MR) is 46.6 cm³/mol. The number of carbonyl (C=O) groups excluding carboxylic acids is 1. The molecule has 0 N–H and O–H groups in total. The fraction of sp³-hybridized carbons (Fsp3) is 0.875. The highest BCUT2D eigenvalue weighted by Gasteiger charge is 2.11. The summed E-state index contributed by atoms with van der Waals surface area (Å²) < 4.78 is 0. The summed E-state index contributed by atoms with van der Waals surface area (Å²) in [5.74, 6) is 0. The molecule has 0 atom stereocenters. The Hall–Kier alpha value is -0.730. The van der Waals surface area contributed by atoms with Gasteiger partial charge in [0, 0.05) is 26.7 Å². The van der Waals surface area contributed by atoms with Crippen LogP contribution in [0.25, 0.3) is 0 Å². The molecule has 3 nitrogen and oxygen atoms in total. The summed E-state index contributed by atoms with van der Waals surface area (Å²) in [5.41, 5.74) is 0. The minimum absolute atomic E-state index is 0.123. The molecule has 0 spiro atoms. The SMILES string of the molecule is CCN(C)C(=O)N(CC)CC. The zero-order valence-electron chi connectivity index (χ0n) is 7.92. The molecule has 0 rings (SSSR count). The van der Waals surface area contributed by atoms with E-state index in [-0.39, 0.29) is 6.03 Å². The topological polar surface area (TPSA) is 23.6 Å². The molecule has 0 bridgehead atoms. The second-order valence-electron chi connectivity index (χ2n) is 2.47. The molecule has 3 heteroatoms. The molecular weight excluding hydrogens is 140 g/mol. The van der Waals surface area contributed by atoms with E-state index in [0.29, 0.717) is 0 Å². The van der Waals surface area contributed by atoms with Crippen molar-refractivity contribution in [3.05, 3.63) is 0 Å². The van der Waals surface area contributed by atoms with Gasteiger partial charge in [0.1, 0.15) is 0 Å². The summed E-state index contributed by atoms with van der Waals surface area (Å²) in [4.78, 5) is 14.9. The van der Waals surface area contributed by atoms with Gasteiger partial charge in [0.15, 0.2) is 0 Å². The normalized spacial score (nSPS) is 9.45. The first-order valence-electron chi connectivity index (χ1n) is 4.17. The largest absolute Gasteiger partial charge is 0.328 e. The molecular formula is C8H18N2O. The van der Waals surface area contributed by atoms with E-state index in [9.17, 15) is 4.79 Å². The fourth-order valence-electron chi connectivity index (χ4n) is 0.871. The summed E-state index contributed by atoms with van der Waals surface area (Å²) in [5, 5.41) is 0. The lowest BCUT2D eigenvalue weighted by Crippen LogP contribution is -2.40. The maximum absolute atomic E-state index is 11.4.